The number of hydrogen-bond acceptors (Lipinski definition) is 2. The molecule has 1 N–H and O–H groups in total. The summed E-state index contributed by atoms with van der Waals surface area (Å²) in [6.45, 7) is 1.69. The van der Waals surface area contributed by atoms with Gasteiger partial charge in [0.05, 0.1) is 12.7 Å². The SMILES string of the molecule is OC(C1CCCCCCC1)C1CCCOC1. The molecule has 2 atom stereocenters. The first-order chi connectivity index (χ1) is 7.88. The normalized spacial score (nSPS) is 31.7. The van der Waals surface area contributed by atoms with Gasteiger partial charge in [-0.25, -0.2) is 0 Å². The molecule has 1 saturated carbocycles. The quantitative estimate of drug-likeness (QED) is 0.784. The lowest BCUT2D eigenvalue weighted by Crippen LogP contribution is -2.35. The van der Waals surface area contributed by atoms with Crippen LogP contribution in [0.4, 0.5) is 0 Å². The van der Waals surface area contributed by atoms with Crippen LogP contribution >= 0.6 is 0 Å². The molecule has 1 saturated heterocycles. The van der Waals surface area contributed by atoms with Crippen molar-refractivity contribution in [2.45, 2.75) is 63.9 Å². The highest BCUT2D eigenvalue weighted by atomic mass is 16.5. The molecule has 0 radical (unpaired) electrons. The van der Waals surface area contributed by atoms with Gasteiger partial charge in [-0.15, -0.1) is 0 Å². The molecule has 94 valence electrons. The molecule has 1 aliphatic heterocycles. The first kappa shape index (κ1) is 12.4. The fourth-order valence-electron chi connectivity index (χ4n) is 3.25. The summed E-state index contributed by atoms with van der Waals surface area (Å²) < 4.78 is 5.49. The van der Waals surface area contributed by atoms with E-state index < -0.39 is 0 Å². The van der Waals surface area contributed by atoms with Gasteiger partial charge in [-0.3, -0.25) is 0 Å². The zero-order valence-corrected chi connectivity index (χ0v) is 10.4. The molecule has 0 spiro atoms. The minimum atomic E-state index is -0.0987. The lowest BCUT2D eigenvalue weighted by atomic mass is 9.80. The third-order valence-corrected chi connectivity index (χ3v) is 4.31. The van der Waals surface area contributed by atoms with E-state index in [-0.39, 0.29) is 6.10 Å². The number of rotatable bonds is 2. The smallest absolute Gasteiger partial charge is 0.0618 e. The van der Waals surface area contributed by atoms with Gasteiger partial charge < -0.3 is 9.84 Å². The first-order valence-corrected chi connectivity index (χ1v) is 7.14. The average Bonchev–Trinajstić information content (AvgIpc) is 2.29. The molecular formula is C14H26O2. The largest absolute Gasteiger partial charge is 0.392 e. The Morgan fingerprint density at radius 1 is 0.812 bits per heavy atom. The maximum Gasteiger partial charge on any atom is 0.0618 e. The van der Waals surface area contributed by atoms with Crippen LogP contribution in [-0.2, 0) is 4.74 Å². The van der Waals surface area contributed by atoms with Gasteiger partial charge in [0, 0.05) is 12.5 Å². The van der Waals surface area contributed by atoms with Gasteiger partial charge in [-0.2, -0.15) is 0 Å². The van der Waals surface area contributed by atoms with Crippen LogP contribution in [0.3, 0.4) is 0 Å². The Bertz CT molecular complexity index is 179. The Morgan fingerprint density at radius 2 is 1.44 bits per heavy atom. The summed E-state index contributed by atoms with van der Waals surface area (Å²) in [5, 5.41) is 10.4. The molecule has 1 aliphatic carbocycles. The van der Waals surface area contributed by atoms with E-state index >= 15 is 0 Å². The molecule has 0 aromatic rings. The van der Waals surface area contributed by atoms with Crippen LogP contribution in [0.1, 0.15) is 57.8 Å². The van der Waals surface area contributed by atoms with Gasteiger partial charge >= 0.3 is 0 Å². The lowest BCUT2D eigenvalue weighted by Gasteiger charge is -2.33. The Morgan fingerprint density at radius 3 is 2.06 bits per heavy atom. The Labute approximate surface area is 99.4 Å². The van der Waals surface area contributed by atoms with Crippen molar-refractivity contribution in [1.29, 1.82) is 0 Å². The molecule has 2 nitrogen and oxygen atoms in total. The molecule has 0 aromatic carbocycles. The van der Waals surface area contributed by atoms with Crippen LogP contribution in [0.5, 0.6) is 0 Å². The highest BCUT2D eigenvalue weighted by Crippen LogP contribution is 2.30. The third kappa shape index (κ3) is 3.46. The summed E-state index contributed by atoms with van der Waals surface area (Å²) in [5.74, 6) is 0.963. The van der Waals surface area contributed by atoms with Gasteiger partial charge in [0.2, 0.25) is 0 Å². The number of aliphatic hydroxyl groups is 1. The van der Waals surface area contributed by atoms with Crippen molar-refractivity contribution in [3.8, 4) is 0 Å². The zero-order chi connectivity index (χ0) is 11.2. The van der Waals surface area contributed by atoms with E-state index in [9.17, 15) is 5.11 Å². The summed E-state index contributed by atoms with van der Waals surface area (Å²) in [6, 6.07) is 0. The van der Waals surface area contributed by atoms with E-state index in [1.54, 1.807) is 0 Å². The van der Waals surface area contributed by atoms with Gasteiger partial charge in [-0.1, -0.05) is 32.1 Å². The molecule has 0 bridgehead atoms. The van der Waals surface area contributed by atoms with Gasteiger partial charge in [0.15, 0.2) is 0 Å². The van der Waals surface area contributed by atoms with Gasteiger partial charge in [0.25, 0.3) is 0 Å². The second-order valence-electron chi connectivity index (χ2n) is 5.57. The fraction of sp³-hybridized carbons (Fsp3) is 1.00. The van der Waals surface area contributed by atoms with Crippen molar-refractivity contribution >= 4 is 0 Å². The Balaban J connectivity index is 1.82. The highest BCUT2D eigenvalue weighted by molar-refractivity contribution is 4.79. The van der Waals surface area contributed by atoms with Crippen LogP contribution in [0, 0.1) is 11.8 Å². The lowest BCUT2D eigenvalue weighted by molar-refractivity contribution is -0.0377. The second-order valence-corrected chi connectivity index (χ2v) is 5.57. The predicted molar refractivity (Wildman–Crippen MR) is 65.4 cm³/mol. The standard InChI is InChI=1S/C14H26O2/c15-14(13-9-6-10-16-11-13)12-7-4-2-1-3-5-8-12/h12-15H,1-11H2. The molecule has 0 amide bonds. The summed E-state index contributed by atoms with van der Waals surface area (Å²) in [5.41, 5.74) is 0. The van der Waals surface area contributed by atoms with E-state index in [4.69, 9.17) is 4.74 Å². The topological polar surface area (TPSA) is 29.5 Å². The molecule has 2 unspecified atom stereocenters. The minimum Gasteiger partial charge on any atom is -0.392 e. The van der Waals surface area contributed by atoms with Crippen molar-refractivity contribution in [3.63, 3.8) is 0 Å². The molecule has 2 fully saturated rings. The third-order valence-electron chi connectivity index (χ3n) is 4.31. The summed E-state index contributed by atoms with van der Waals surface area (Å²) in [6.07, 6.45) is 11.4. The van der Waals surface area contributed by atoms with Crippen molar-refractivity contribution in [1.82, 2.24) is 0 Å². The number of aliphatic hydroxyl groups excluding tert-OH is 1. The van der Waals surface area contributed by atoms with Crippen LogP contribution in [0.15, 0.2) is 0 Å². The maximum atomic E-state index is 10.4. The average molecular weight is 226 g/mol. The van der Waals surface area contributed by atoms with E-state index in [1.807, 2.05) is 0 Å². The molecule has 2 rings (SSSR count). The summed E-state index contributed by atoms with van der Waals surface area (Å²) in [4.78, 5) is 0. The molecule has 0 aromatic heterocycles. The second kappa shape index (κ2) is 6.61. The fourth-order valence-corrected chi connectivity index (χ4v) is 3.25. The molecular weight excluding hydrogens is 200 g/mol. The van der Waals surface area contributed by atoms with Crippen LogP contribution in [0.25, 0.3) is 0 Å². The minimum absolute atomic E-state index is 0.0987. The van der Waals surface area contributed by atoms with E-state index in [2.05, 4.69) is 0 Å². The molecule has 1 heterocycles. The molecule has 2 heteroatoms. The highest BCUT2D eigenvalue weighted by Gasteiger charge is 2.29. The van der Waals surface area contributed by atoms with E-state index in [0.29, 0.717) is 11.8 Å². The van der Waals surface area contributed by atoms with Crippen molar-refractivity contribution in [3.05, 3.63) is 0 Å². The first-order valence-electron chi connectivity index (χ1n) is 7.14. The van der Waals surface area contributed by atoms with Crippen molar-refractivity contribution in [2.75, 3.05) is 13.2 Å². The summed E-state index contributed by atoms with van der Waals surface area (Å²) in [7, 11) is 0. The van der Waals surface area contributed by atoms with Crippen LogP contribution < -0.4 is 0 Å². The monoisotopic (exact) mass is 226 g/mol. The molecule has 2 aliphatic rings. The van der Waals surface area contributed by atoms with Crippen molar-refractivity contribution < 1.29 is 9.84 Å². The zero-order valence-electron chi connectivity index (χ0n) is 10.4. The van der Waals surface area contributed by atoms with E-state index in [1.165, 1.54) is 44.9 Å². The predicted octanol–water partition coefficient (Wildman–Crippen LogP) is 3.13. The van der Waals surface area contributed by atoms with Crippen LogP contribution in [0.2, 0.25) is 0 Å². The van der Waals surface area contributed by atoms with Gasteiger partial charge in [0.1, 0.15) is 0 Å². The summed E-state index contributed by atoms with van der Waals surface area (Å²) >= 11 is 0. The van der Waals surface area contributed by atoms with Crippen LogP contribution in [-0.4, -0.2) is 24.4 Å². The maximum absolute atomic E-state index is 10.4. The Hall–Kier alpha value is -0.0800. The van der Waals surface area contributed by atoms with Gasteiger partial charge in [-0.05, 0) is 31.6 Å². The van der Waals surface area contributed by atoms with E-state index in [0.717, 1.165) is 26.1 Å². The number of hydrogen-bond donors (Lipinski definition) is 1. The van der Waals surface area contributed by atoms with Crippen molar-refractivity contribution in [2.24, 2.45) is 11.8 Å². The number of ether oxygens (including phenoxy) is 1. The molecule has 16 heavy (non-hydrogen) atoms. The Kier molecular flexibility index (Phi) is 5.11.